The fourth-order valence-corrected chi connectivity index (χ4v) is 6.32. The average molecular weight is 587 g/mol. The molecule has 0 unspecified atom stereocenters. The Balaban J connectivity index is 1.50. The highest BCUT2D eigenvalue weighted by molar-refractivity contribution is 6.24. The largest absolute Gasteiger partial charge is 0.456 e. The molecule has 1 nitrogen and oxygen atoms in total. The Bertz CT molecular complexity index is 3220. The second kappa shape index (κ2) is 10.4. The Morgan fingerprint density at radius 3 is 1.42 bits per heavy atom. The van der Waals surface area contributed by atoms with Gasteiger partial charge in [-0.1, -0.05) is 151 Å². The monoisotopic (exact) mass is 586 g/mol. The highest BCUT2D eigenvalue weighted by atomic mass is 16.3. The van der Waals surface area contributed by atoms with Crippen LogP contribution in [0.25, 0.3) is 88.0 Å². The van der Waals surface area contributed by atoms with Crippen molar-refractivity contribution in [2.45, 2.75) is 0 Å². The van der Waals surface area contributed by atoms with Crippen molar-refractivity contribution in [1.82, 2.24) is 0 Å². The number of fused-ring (bicyclic) bond motifs is 5. The van der Waals surface area contributed by atoms with Crippen LogP contribution < -0.4 is 0 Å². The van der Waals surface area contributed by atoms with Gasteiger partial charge in [-0.3, -0.25) is 0 Å². The second-order valence-electron chi connectivity index (χ2n) is 10.6. The Kier molecular flexibility index (Phi) is 3.50. The third-order valence-corrected chi connectivity index (χ3v) is 8.17. The van der Waals surface area contributed by atoms with Crippen molar-refractivity contribution in [2.24, 2.45) is 0 Å². The average Bonchev–Trinajstić information content (AvgIpc) is 3.61. The minimum atomic E-state index is -0.661. The summed E-state index contributed by atoms with van der Waals surface area (Å²) in [6, 6.07) is 17.2. The van der Waals surface area contributed by atoms with E-state index in [0.29, 0.717) is 60.4 Å². The lowest BCUT2D eigenvalue weighted by Crippen LogP contribution is -1.94. The number of rotatable bonds is 4. The Labute approximate surface area is 281 Å². The van der Waals surface area contributed by atoms with E-state index in [0.717, 1.165) is 5.39 Å². The molecule has 0 radical (unpaired) electrons. The topological polar surface area (TPSA) is 13.1 Å². The van der Waals surface area contributed by atoms with Crippen molar-refractivity contribution in [2.75, 3.05) is 0 Å². The molecule has 0 amide bonds. The molecule has 0 aliphatic carbocycles. The maximum atomic E-state index is 9.36. The molecule has 0 aliphatic rings. The van der Waals surface area contributed by atoms with E-state index in [2.05, 4.69) is 0 Å². The Morgan fingerprint density at radius 2 is 0.822 bits per heavy atom. The third-order valence-electron chi connectivity index (χ3n) is 8.17. The molecule has 1 aromatic heterocycles. The van der Waals surface area contributed by atoms with Crippen molar-refractivity contribution in [1.29, 1.82) is 0 Å². The van der Waals surface area contributed by atoms with Crippen LogP contribution in [0.15, 0.2) is 174 Å². The predicted octanol–water partition coefficient (Wildman–Crippen LogP) is 12.6. The van der Waals surface area contributed by atoms with Crippen molar-refractivity contribution in [3.8, 4) is 44.5 Å². The highest BCUT2D eigenvalue weighted by Gasteiger charge is 2.22. The van der Waals surface area contributed by atoms with Gasteiger partial charge in [0.25, 0.3) is 0 Å². The Morgan fingerprint density at radius 1 is 0.356 bits per heavy atom. The minimum absolute atomic E-state index is 0.0314. The summed E-state index contributed by atoms with van der Waals surface area (Å²) in [5.41, 5.74) is 1.94. The normalized spacial score (nSPS) is 15.9. The summed E-state index contributed by atoms with van der Waals surface area (Å²) >= 11 is 0. The van der Waals surface area contributed by atoms with Gasteiger partial charge in [-0.2, -0.15) is 0 Å². The summed E-state index contributed by atoms with van der Waals surface area (Å²) in [6.07, 6.45) is 0. The van der Waals surface area contributed by atoms with E-state index in [1.807, 2.05) is 36.4 Å². The zero-order valence-corrected chi connectivity index (χ0v) is 23.5. The van der Waals surface area contributed by atoms with Gasteiger partial charge in [-0.15, -0.1) is 0 Å². The standard InChI is InChI=1S/C44H28O/c1-3-15-29(16-4-1)31-19-7-8-21-33(31)43-34-22-9-11-24-36(34)44(37-25-12-10-23-35(37)43)40-28-42-39(32-20-13-14-26-41(32)45-42)27-38(40)30-17-5-2-6-18-30/h1-28H/i1D,2D,3D,4D,5D,6D,7D,8D,15D,16D,17D,18D,19D,21D. The molecule has 0 atom stereocenters. The van der Waals surface area contributed by atoms with Crippen molar-refractivity contribution >= 4 is 43.5 Å². The van der Waals surface area contributed by atoms with Gasteiger partial charge >= 0.3 is 0 Å². The minimum Gasteiger partial charge on any atom is -0.456 e. The van der Waals surface area contributed by atoms with E-state index in [1.54, 1.807) is 48.5 Å². The van der Waals surface area contributed by atoms with Gasteiger partial charge in [0, 0.05) is 10.8 Å². The SMILES string of the molecule is [2H]c1c([2H])c([2H])c(-c2cc3c(cc2-c2c4ccccc4c(-c4c([2H])c([2H])c([2H])c([2H])c4-c4c([2H])c([2H])c([2H])c([2H])c4[2H])c4ccccc24)oc2ccccc23)c([2H])c1[2H]. The van der Waals surface area contributed by atoms with Crippen molar-refractivity contribution in [3.05, 3.63) is 170 Å². The summed E-state index contributed by atoms with van der Waals surface area (Å²) in [6.45, 7) is 0. The zero-order chi connectivity index (χ0) is 41.9. The van der Waals surface area contributed by atoms with E-state index < -0.39 is 84.6 Å². The molecule has 9 rings (SSSR count). The molecular formula is C44H28O. The number of benzene rings is 8. The highest BCUT2D eigenvalue weighted by Crippen LogP contribution is 2.49. The molecule has 1 heteroatoms. The molecule has 0 bridgehead atoms. The molecule has 9 aromatic rings. The summed E-state index contributed by atoms with van der Waals surface area (Å²) < 4.78 is 129. The molecule has 1 heterocycles. The van der Waals surface area contributed by atoms with Gasteiger partial charge in [0.2, 0.25) is 0 Å². The smallest absolute Gasteiger partial charge is 0.136 e. The first-order valence-corrected chi connectivity index (χ1v) is 14.3. The maximum absolute atomic E-state index is 9.36. The lowest BCUT2D eigenvalue weighted by molar-refractivity contribution is 0.669. The lowest BCUT2D eigenvalue weighted by Gasteiger charge is -2.21. The van der Waals surface area contributed by atoms with Crippen molar-refractivity contribution < 1.29 is 23.6 Å². The van der Waals surface area contributed by atoms with Gasteiger partial charge in [0.1, 0.15) is 11.2 Å². The zero-order valence-electron chi connectivity index (χ0n) is 37.5. The molecule has 0 saturated carbocycles. The quantitative estimate of drug-likeness (QED) is 0.187. The third kappa shape index (κ3) is 4.09. The number of para-hydroxylation sites is 1. The first-order valence-electron chi connectivity index (χ1n) is 21.3. The van der Waals surface area contributed by atoms with Crippen molar-refractivity contribution in [3.63, 3.8) is 0 Å². The molecule has 0 spiro atoms. The van der Waals surface area contributed by atoms with Crippen LogP contribution in [0.2, 0.25) is 0 Å². The van der Waals surface area contributed by atoms with Gasteiger partial charge < -0.3 is 4.42 Å². The van der Waals surface area contributed by atoms with Crippen LogP contribution in [0.1, 0.15) is 19.2 Å². The van der Waals surface area contributed by atoms with E-state index in [-0.39, 0.29) is 22.3 Å². The van der Waals surface area contributed by atoms with Crippen LogP contribution in [0.3, 0.4) is 0 Å². The molecule has 0 fully saturated rings. The van der Waals surface area contributed by atoms with Crippen LogP contribution >= 0.6 is 0 Å². The van der Waals surface area contributed by atoms with Crippen LogP contribution in [0, 0.1) is 0 Å². The fraction of sp³-hybridized carbons (Fsp3) is 0. The maximum Gasteiger partial charge on any atom is 0.136 e. The Hall–Kier alpha value is -5.92. The molecule has 8 aromatic carbocycles. The summed E-state index contributed by atoms with van der Waals surface area (Å²) in [5.74, 6) is 0. The van der Waals surface area contributed by atoms with Crippen LogP contribution in [0.5, 0.6) is 0 Å². The van der Waals surface area contributed by atoms with Crippen LogP contribution in [-0.4, -0.2) is 0 Å². The number of hydrogen-bond donors (Lipinski definition) is 0. The van der Waals surface area contributed by atoms with Crippen LogP contribution in [0.4, 0.5) is 0 Å². The van der Waals surface area contributed by atoms with Gasteiger partial charge in [0.05, 0.1) is 19.2 Å². The van der Waals surface area contributed by atoms with E-state index >= 15 is 0 Å². The van der Waals surface area contributed by atoms with Crippen LogP contribution in [-0.2, 0) is 0 Å². The number of hydrogen-bond acceptors (Lipinski definition) is 1. The van der Waals surface area contributed by atoms with E-state index in [4.69, 9.17) is 22.2 Å². The molecular weight excluding hydrogens is 544 g/mol. The lowest BCUT2D eigenvalue weighted by atomic mass is 9.82. The van der Waals surface area contributed by atoms with Gasteiger partial charge in [-0.05, 0) is 84.3 Å². The summed E-state index contributed by atoms with van der Waals surface area (Å²) in [4.78, 5) is 0. The van der Waals surface area contributed by atoms with E-state index in [9.17, 15) is 1.37 Å². The first-order chi connectivity index (χ1) is 28.1. The molecule has 0 saturated heterocycles. The summed E-state index contributed by atoms with van der Waals surface area (Å²) in [7, 11) is 0. The fourth-order valence-electron chi connectivity index (χ4n) is 6.32. The molecule has 0 N–H and O–H groups in total. The molecule has 0 aliphatic heterocycles. The summed E-state index contributed by atoms with van der Waals surface area (Å²) in [5, 5.41) is 3.44. The number of furan rings is 1. The molecule has 45 heavy (non-hydrogen) atoms. The van der Waals surface area contributed by atoms with E-state index in [1.165, 1.54) is 0 Å². The second-order valence-corrected chi connectivity index (χ2v) is 10.6. The predicted molar refractivity (Wildman–Crippen MR) is 190 cm³/mol. The molecule has 210 valence electrons. The first kappa shape index (κ1) is 15.2. The van der Waals surface area contributed by atoms with Gasteiger partial charge in [0.15, 0.2) is 0 Å². The van der Waals surface area contributed by atoms with Gasteiger partial charge in [-0.25, -0.2) is 0 Å².